The Balaban J connectivity index is 1.45. The van der Waals surface area contributed by atoms with Crippen molar-refractivity contribution >= 4 is 32.7 Å². The lowest BCUT2D eigenvalue weighted by molar-refractivity contribution is 0.102. The zero-order valence-electron chi connectivity index (χ0n) is 18.8. The summed E-state index contributed by atoms with van der Waals surface area (Å²) in [5.74, 6) is -0.465. The standard InChI is InChI=1S/C24H24N6O4S/c31-23(17-8-7-9-18(14-17)35(33,34)29-12-5-1-2-6-13-29)28-20-10-3-4-11-21(20)30-22-19(15-27-30)24(32)26-16-25-22/h3-4,7-11,14-16H,1-2,5-6,12-13H2,(H,28,31)(H,25,26,32). The number of aromatic amines is 1. The lowest BCUT2D eigenvalue weighted by Crippen LogP contribution is -2.32. The number of nitrogens with zero attached hydrogens (tertiary/aromatic N) is 4. The molecule has 1 aliphatic heterocycles. The van der Waals surface area contributed by atoms with Crippen molar-refractivity contribution in [2.75, 3.05) is 18.4 Å². The molecule has 1 fully saturated rings. The maximum absolute atomic E-state index is 13.2. The molecule has 1 amide bonds. The highest BCUT2D eigenvalue weighted by Crippen LogP contribution is 2.24. The number of nitrogens with one attached hydrogen (secondary N) is 2. The molecule has 4 aromatic rings. The zero-order valence-corrected chi connectivity index (χ0v) is 19.7. The third-order valence-corrected chi connectivity index (χ3v) is 7.95. The van der Waals surface area contributed by atoms with Crippen LogP contribution in [-0.4, -0.2) is 51.5 Å². The van der Waals surface area contributed by atoms with Crippen molar-refractivity contribution in [2.24, 2.45) is 0 Å². The lowest BCUT2D eigenvalue weighted by atomic mass is 10.2. The summed E-state index contributed by atoms with van der Waals surface area (Å²) in [6, 6.07) is 13.0. The monoisotopic (exact) mass is 492 g/mol. The molecule has 0 saturated carbocycles. The second-order valence-corrected chi connectivity index (χ2v) is 10.3. The number of benzene rings is 2. The van der Waals surface area contributed by atoms with Crippen LogP contribution in [0.15, 0.2) is 70.7 Å². The highest BCUT2D eigenvalue weighted by Gasteiger charge is 2.26. The second-order valence-electron chi connectivity index (χ2n) is 8.34. The molecular formula is C24H24N6O4S. The van der Waals surface area contributed by atoms with Crippen molar-refractivity contribution in [1.82, 2.24) is 24.1 Å². The third kappa shape index (κ3) is 4.47. The van der Waals surface area contributed by atoms with E-state index in [9.17, 15) is 18.0 Å². The molecule has 11 heteroatoms. The minimum absolute atomic E-state index is 0.0989. The van der Waals surface area contributed by atoms with Crippen molar-refractivity contribution < 1.29 is 13.2 Å². The first-order valence-corrected chi connectivity index (χ1v) is 12.8. The second kappa shape index (κ2) is 9.43. The molecule has 3 heterocycles. The van der Waals surface area contributed by atoms with Gasteiger partial charge in [0.1, 0.15) is 5.39 Å². The maximum Gasteiger partial charge on any atom is 0.261 e. The van der Waals surface area contributed by atoms with Gasteiger partial charge in [0.2, 0.25) is 10.0 Å². The summed E-state index contributed by atoms with van der Waals surface area (Å²) in [5.41, 5.74) is 1.20. The predicted molar refractivity (Wildman–Crippen MR) is 131 cm³/mol. The van der Waals surface area contributed by atoms with Crippen LogP contribution < -0.4 is 10.9 Å². The number of amides is 1. The molecule has 0 atom stereocenters. The molecule has 0 bridgehead atoms. The van der Waals surface area contributed by atoms with Gasteiger partial charge in [-0.1, -0.05) is 31.0 Å². The van der Waals surface area contributed by atoms with E-state index in [1.54, 1.807) is 36.4 Å². The highest BCUT2D eigenvalue weighted by atomic mass is 32.2. The molecule has 1 aliphatic rings. The minimum atomic E-state index is -3.69. The Morgan fingerprint density at radius 3 is 2.57 bits per heavy atom. The Morgan fingerprint density at radius 2 is 1.77 bits per heavy atom. The van der Waals surface area contributed by atoms with E-state index in [1.165, 1.54) is 33.6 Å². The molecule has 180 valence electrons. The summed E-state index contributed by atoms with van der Waals surface area (Å²) >= 11 is 0. The van der Waals surface area contributed by atoms with Crippen LogP contribution in [0.2, 0.25) is 0 Å². The summed E-state index contributed by atoms with van der Waals surface area (Å²) in [6.45, 7) is 0.974. The van der Waals surface area contributed by atoms with Gasteiger partial charge in [-0.3, -0.25) is 9.59 Å². The minimum Gasteiger partial charge on any atom is -0.320 e. The number of para-hydroxylation sites is 2. The molecule has 0 unspecified atom stereocenters. The number of sulfonamides is 1. The zero-order chi connectivity index (χ0) is 24.4. The highest BCUT2D eigenvalue weighted by molar-refractivity contribution is 7.89. The molecule has 2 aromatic heterocycles. The summed E-state index contributed by atoms with van der Waals surface area (Å²) in [7, 11) is -3.69. The number of hydrogen-bond donors (Lipinski definition) is 2. The van der Waals surface area contributed by atoms with Gasteiger partial charge in [0.15, 0.2) is 5.65 Å². The first-order chi connectivity index (χ1) is 16.9. The van der Waals surface area contributed by atoms with Crippen LogP contribution in [-0.2, 0) is 10.0 Å². The van der Waals surface area contributed by atoms with Gasteiger partial charge in [0.05, 0.1) is 28.8 Å². The fraction of sp³-hybridized carbons (Fsp3) is 0.250. The predicted octanol–water partition coefficient (Wildman–Crippen LogP) is 2.93. The number of hydrogen-bond acceptors (Lipinski definition) is 6. The number of H-pyrrole nitrogens is 1. The van der Waals surface area contributed by atoms with Crippen LogP contribution in [0.1, 0.15) is 36.0 Å². The van der Waals surface area contributed by atoms with E-state index in [4.69, 9.17) is 0 Å². The van der Waals surface area contributed by atoms with Crippen molar-refractivity contribution in [3.63, 3.8) is 0 Å². The van der Waals surface area contributed by atoms with Gasteiger partial charge in [-0.25, -0.2) is 18.1 Å². The smallest absolute Gasteiger partial charge is 0.261 e. The Kier molecular flexibility index (Phi) is 6.18. The van der Waals surface area contributed by atoms with E-state index in [0.717, 1.165) is 25.7 Å². The molecule has 1 saturated heterocycles. The van der Waals surface area contributed by atoms with Crippen LogP contribution in [0.5, 0.6) is 0 Å². The van der Waals surface area contributed by atoms with E-state index in [1.807, 2.05) is 0 Å². The van der Waals surface area contributed by atoms with E-state index in [0.29, 0.717) is 35.5 Å². The largest absolute Gasteiger partial charge is 0.320 e. The molecule has 2 aromatic carbocycles. The third-order valence-electron chi connectivity index (χ3n) is 6.05. The molecule has 2 N–H and O–H groups in total. The lowest BCUT2D eigenvalue weighted by Gasteiger charge is -2.20. The molecular weight excluding hydrogens is 468 g/mol. The SMILES string of the molecule is O=C(Nc1ccccc1-n1ncc2c(=O)[nH]cnc21)c1cccc(S(=O)(=O)N2CCCCCC2)c1. The van der Waals surface area contributed by atoms with E-state index in [2.05, 4.69) is 20.4 Å². The van der Waals surface area contributed by atoms with Gasteiger partial charge < -0.3 is 10.3 Å². The van der Waals surface area contributed by atoms with Crippen LogP contribution in [0.25, 0.3) is 16.7 Å². The number of carbonyl (C=O) groups is 1. The fourth-order valence-electron chi connectivity index (χ4n) is 4.22. The summed E-state index contributed by atoms with van der Waals surface area (Å²) in [5, 5.41) is 7.43. The Hall–Kier alpha value is -3.83. The van der Waals surface area contributed by atoms with Crippen molar-refractivity contribution in [1.29, 1.82) is 0 Å². The van der Waals surface area contributed by atoms with E-state index in [-0.39, 0.29) is 16.0 Å². The van der Waals surface area contributed by atoms with Gasteiger partial charge in [0, 0.05) is 18.7 Å². The summed E-state index contributed by atoms with van der Waals surface area (Å²) < 4.78 is 29.3. The van der Waals surface area contributed by atoms with Crippen molar-refractivity contribution in [3.05, 3.63) is 77.0 Å². The fourth-order valence-corrected chi connectivity index (χ4v) is 5.78. The van der Waals surface area contributed by atoms with E-state index < -0.39 is 15.9 Å². The normalized spacial score (nSPS) is 15.1. The van der Waals surface area contributed by atoms with Gasteiger partial charge in [0.25, 0.3) is 11.5 Å². The molecule has 0 aliphatic carbocycles. The average molecular weight is 493 g/mol. The van der Waals surface area contributed by atoms with Crippen LogP contribution in [0.4, 0.5) is 5.69 Å². The van der Waals surface area contributed by atoms with Crippen molar-refractivity contribution in [2.45, 2.75) is 30.6 Å². The maximum atomic E-state index is 13.2. The molecule has 5 rings (SSSR count). The van der Waals surface area contributed by atoms with Gasteiger partial charge >= 0.3 is 0 Å². The van der Waals surface area contributed by atoms with Crippen LogP contribution >= 0.6 is 0 Å². The molecule has 35 heavy (non-hydrogen) atoms. The van der Waals surface area contributed by atoms with Crippen LogP contribution in [0, 0.1) is 0 Å². The Labute approximate surface area is 201 Å². The molecule has 0 spiro atoms. The quantitative estimate of drug-likeness (QED) is 0.441. The van der Waals surface area contributed by atoms with Gasteiger partial charge in [-0.05, 0) is 43.2 Å². The van der Waals surface area contributed by atoms with Gasteiger partial charge in [-0.2, -0.15) is 9.40 Å². The first-order valence-electron chi connectivity index (χ1n) is 11.4. The number of fused-ring (bicyclic) bond motifs is 1. The first kappa shape index (κ1) is 22.9. The average Bonchev–Trinajstić information content (AvgIpc) is 3.10. The topological polar surface area (TPSA) is 130 Å². The van der Waals surface area contributed by atoms with E-state index >= 15 is 0 Å². The van der Waals surface area contributed by atoms with Crippen LogP contribution in [0.3, 0.4) is 0 Å². The molecule has 0 radical (unpaired) electrons. The number of carbonyl (C=O) groups excluding carboxylic acids is 1. The summed E-state index contributed by atoms with van der Waals surface area (Å²) in [4.78, 5) is 32.0. The van der Waals surface area contributed by atoms with Crippen molar-refractivity contribution in [3.8, 4) is 5.69 Å². The van der Waals surface area contributed by atoms with Gasteiger partial charge in [-0.15, -0.1) is 0 Å². The Bertz CT molecular complexity index is 1550. The number of aromatic nitrogens is 4. The number of anilines is 1. The summed E-state index contributed by atoms with van der Waals surface area (Å²) in [6.07, 6.45) is 6.40. The Morgan fingerprint density at radius 1 is 1.00 bits per heavy atom. The molecule has 10 nitrogen and oxygen atoms in total. The number of rotatable bonds is 5.